The van der Waals surface area contributed by atoms with E-state index in [1.54, 1.807) is 26.0 Å². The monoisotopic (exact) mass is 534 g/mol. The molecule has 9 heteroatoms. The minimum absolute atomic E-state index is 0.0258. The van der Waals surface area contributed by atoms with Gasteiger partial charge in [0, 0.05) is 18.2 Å². The van der Waals surface area contributed by atoms with E-state index < -0.39 is 11.5 Å². The summed E-state index contributed by atoms with van der Waals surface area (Å²) in [5.74, 6) is 0.767. The van der Waals surface area contributed by atoms with Gasteiger partial charge in [-0.15, -0.1) is 0 Å². The van der Waals surface area contributed by atoms with Gasteiger partial charge in [-0.3, -0.25) is 9.59 Å². The maximum Gasteiger partial charge on any atom is 0.255 e. The average molecular weight is 535 g/mol. The van der Waals surface area contributed by atoms with Crippen LogP contribution in [0.2, 0.25) is 0 Å². The Hall–Kier alpha value is -3.59. The minimum Gasteiger partial charge on any atom is -0.490 e. The van der Waals surface area contributed by atoms with E-state index in [1.165, 1.54) is 0 Å². The van der Waals surface area contributed by atoms with Crippen molar-refractivity contribution in [2.24, 2.45) is 17.1 Å². The first kappa shape index (κ1) is 27.0. The number of rotatable bonds is 10. The van der Waals surface area contributed by atoms with Crippen LogP contribution in [0, 0.1) is 23.7 Å². The fourth-order valence-corrected chi connectivity index (χ4v) is 5.76. The van der Waals surface area contributed by atoms with Gasteiger partial charge in [0.2, 0.25) is 0 Å². The number of carbonyl (C=O) groups is 2. The van der Waals surface area contributed by atoms with Gasteiger partial charge in [-0.2, -0.15) is 0 Å². The predicted molar refractivity (Wildman–Crippen MR) is 147 cm³/mol. The molecule has 0 unspecified atom stereocenters. The molecule has 1 heterocycles. The fourth-order valence-electron chi connectivity index (χ4n) is 5.76. The first-order valence-electron chi connectivity index (χ1n) is 13.6. The van der Waals surface area contributed by atoms with E-state index in [1.807, 2.05) is 25.1 Å². The van der Waals surface area contributed by atoms with Gasteiger partial charge >= 0.3 is 0 Å². The second-order valence-electron chi connectivity index (χ2n) is 12.2. The molecule has 6 N–H and O–H groups in total. The average Bonchev–Trinajstić information content (AvgIpc) is 3.65. The molecule has 0 saturated heterocycles. The molecule has 0 aromatic heterocycles. The van der Waals surface area contributed by atoms with Gasteiger partial charge in [0.25, 0.3) is 11.8 Å². The summed E-state index contributed by atoms with van der Waals surface area (Å²) in [6.45, 7) is 5.49. The SMILES string of the molecule is Cc1ccc(C(N)=O)c(OC2CC3(CC(NC(=O)/C(C=N)=C4\C=CC(OCC(C)(C)O)=C(C5CC5)N4)C3)C2)c1. The van der Waals surface area contributed by atoms with Gasteiger partial charge < -0.3 is 36.4 Å². The lowest BCUT2D eigenvalue weighted by Gasteiger charge is -2.57. The lowest BCUT2D eigenvalue weighted by Crippen LogP contribution is -2.59. The van der Waals surface area contributed by atoms with Crippen molar-refractivity contribution in [3.63, 3.8) is 0 Å². The lowest BCUT2D eigenvalue weighted by atomic mass is 9.53. The Kier molecular flexibility index (Phi) is 7.05. The first-order valence-corrected chi connectivity index (χ1v) is 13.6. The Morgan fingerprint density at radius 2 is 1.95 bits per heavy atom. The maximum absolute atomic E-state index is 13.1. The first-order chi connectivity index (χ1) is 18.4. The molecule has 4 aliphatic rings. The second-order valence-corrected chi connectivity index (χ2v) is 12.2. The van der Waals surface area contributed by atoms with Crippen molar-refractivity contribution in [2.75, 3.05) is 6.61 Å². The third-order valence-electron chi connectivity index (χ3n) is 7.89. The molecule has 3 aliphatic carbocycles. The van der Waals surface area contributed by atoms with Gasteiger partial charge in [0.05, 0.1) is 34.2 Å². The molecule has 1 aromatic carbocycles. The molecule has 1 aliphatic heterocycles. The highest BCUT2D eigenvalue weighted by Crippen LogP contribution is 2.57. The quantitative estimate of drug-likeness (QED) is 0.230. The molecule has 1 spiro atoms. The van der Waals surface area contributed by atoms with Crippen molar-refractivity contribution in [1.82, 2.24) is 10.6 Å². The van der Waals surface area contributed by atoms with Crippen molar-refractivity contribution in [3.05, 3.63) is 64.2 Å². The third kappa shape index (κ3) is 6.03. The van der Waals surface area contributed by atoms with Crippen molar-refractivity contribution >= 4 is 18.0 Å². The Balaban J connectivity index is 1.15. The Morgan fingerprint density at radius 3 is 2.56 bits per heavy atom. The number of carbonyl (C=O) groups excluding carboxylic acids is 2. The second kappa shape index (κ2) is 10.2. The molecular weight excluding hydrogens is 496 g/mol. The summed E-state index contributed by atoms with van der Waals surface area (Å²) in [5, 5.41) is 24.4. The van der Waals surface area contributed by atoms with E-state index in [-0.39, 0.29) is 35.6 Å². The zero-order valence-electron chi connectivity index (χ0n) is 22.8. The van der Waals surface area contributed by atoms with Crippen LogP contribution < -0.4 is 21.1 Å². The summed E-state index contributed by atoms with van der Waals surface area (Å²) in [6, 6.07) is 5.44. The van der Waals surface area contributed by atoms with Gasteiger partial charge in [-0.1, -0.05) is 6.07 Å². The largest absolute Gasteiger partial charge is 0.490 e. The Bertz CT molecular complexity index is 1270. The molecule has 1 aromatic rings. The highest BCUT2D eigenvalue weighted by atomic mass is 16.5. The number of benzene rings is 1. The van der Waals surface area contributed by atoms with Crippen LogP contribution in [-0.2, 0) is 9.53 Å². The van der Waals surface area contributed by atoms with Crippen LogP contribution in [0.1, 0.15) is 68.3 Å². The summed E-state index contributed by atoms with van der Waals surface area (Å²) >= 11 is 0. The van der Waals surface area contributed by atoms with Crippen LogP contribution in [-0.4, -0.2) is 47.5 Å². The molecule has 0 atom stereocenters. The summed E-state index contributed by atoms with van der Waals surface area (Å²) in [5.41, 5.74) is 7.86. The van der Waals surface area contributed by atoms with E-state index in [9.17, 15) is 14.7 Å². The molecule has 3 saturated carbocycles. The molecule has 2 amide bonds. The Labute approximate surface area is 229 Å². The van der Waals surface area contributed by atoms with Gasteiger partial charge in [-0.05, 0) is 94.6 Å². The van der Waals surface area contributed by atoms with Crippen molar-refractivity contribution in [2.45, 2.75) is 77.0 Å². The number of nitrogens with two attached hydrogens (primary N) is 1. The Morgan fingerprint density at radius 1 is 1.23 bits per heavy atom. The van der Waals surface area contributed by atoms with Crippen LogP contribution in [0.3, 0.4) is 0 Å². The summed E-state index contributed by atoms with van der Waals surface area (Å²) in [7, 11) is 0. The highest BCUT2D eigenvalue weighted by Gasteiger charge is 2.54. The van der Waals surface area contributed by atoms with E-state index >= 15 is 0 Å². The van der Waals surface area contributed by atoms with Gasteiger partial charge in [0.1, 0.15) is 18.1 Å². The summed E-state index contributed by atoms with van der Waals surface area (Å²) in [4.78, 5) is 24.9. The van der Waals surface area contributed by atoms with Crippen LogP contribution in [0.25, 0.3) is 0 Å². The van der Waals surface area contributed by atoms with E-state index in [0.29, 0.717) is 28.7 Å². The molecule has 3 fully saturated rings. The number of aryl methyl sites for hydroxylation is 1. The zero-order chi connectivity index (χ0) is 27.9. The van der Waals surface area contributed by atoms with Crippen LogP contribution in [0.5, 0.6) is 5.75 Å². The van der Waals surface area contributed by atoms with Crippen LogP contribution in [0.4, 0.5) is 0 Å². The molecular formula is C30H38N4O5. The highest BCUT2D eigenvalue weighted by molar-refractivity contribution is 6.12. The van der Waals surface area contributed by atoms with E-state index in [2.05, 4.69) is 10.6 Å². The van der Waals surface area contributed by atoms with Crippen LogP contribution in [0.15, 0.2) is 53.1 Å². The number of amides is 2. The number of primary amides is 1. The number of allylic oxidation sites excluding steroid dienone is 3. The number of dihydropyridines is 1. The molecule has 9 nitrogen and oxygen atoms in total. The molecule has 0 radical (unpaired) electrons. The van der Waals surface area contributed by atoms with Gasteiger partial charge in [-0.25, -0.2) is 0 Å². The zero-order valence-corrected chi connectivity index (χ0v) is 22.8. The van der Waals surface area contributed by atoms with Gasteiger partial charge in [0.15, 0.2) is 0 Å². The number of hydrogen-bond acceptors (Lipinski definition) is 7. The minimum atomic E-state index is -0.953. The van der Waals surface area contributed by atoms with Crippen LogP contribution >= 0.6 is 0 Å². The molecule has 5 rings (SSSR count). The smallest absolute Gasteiger partial charge is 0.255 e. The standard InChI is InChI=1S/C30H38N4O5/c1-17-4-7-21(27(32)35)25(10-17)39-20-13-30(14-20)11-19(12-30)33-28(36)22(15-31)23-8-9-24(38-16-29(2,3)37)26(34-23)18-5-6-18/h4,7-10,15,18-20,31,34,37H,5-6,11-14,16H2,1-3H3,(H2,32,35)(H,33,36)/b23-22+,31-15?. The molecule has 39 heavy (non-hydrogen) atoms. The summed E-state index contributed by atoms with van der Waals surface area (Å²) in [6.07, 6.45) is 10.2. The number of ether oxygens (including phenoxy) is 2. The number of aliphatic hydroxyl groups is 1. The number of hydrogen-bond donors (Lipinski definition) is 5. The number of nitrogens with one attached hydrogen (secondary N) is 3. The molecule has 208 valence electrons. The van der Waals surface area contributed by atoms with E-state index in [4.69, 9.17) is 20.6 Å². The van der Waals surface area contributed by atoms with E-state index in [0.717, 1.165) is 56.0 Å². The van der Waals surface area contributed by atoms with Crippen molar-refractivity contribution < 1.29 is 24.2 Å². The lowest BCUT2D eigenvalue weighted by molar-refractivity contribution is -0.123. The normalized spacial score (nSPS) is 27.2. The van der Waals surface area contributed by atoms with Crippen molar-refractivity contribution in [3.8, 4) is 5.75 Å². The predicted octanol–water partition coefficient (Wildman–Crippen LogP) is 3.37. The maximum atomic E-state index is 13.1. The van der Waals surface area contributed by atoms with Crippen molar-refractivity contribution in [1.29, 1.82) is 5.41 Å². The topological polar surface area (TPSA) is 147 Å². The molecule has 0 bridgehead atoms. The summed E-state index contributed by atoms with van der Waals surface area (Å²) < 4.78 is 12.0. The third-order valence-corrected chi connectivity index (χ3v) is 7.89. The fraction of sp³-hybridized carbons (Fsp3) is 0.500.